The molecule has 0 spiro atoms. The van der Waals surface area contributed by atoms with E-state index in [4.69, 9.17) is 5.73 Å². The van der Waals surface area contributed by atoms with E-state index in [0.717, 1.165) is 16.6 Å². The summed E-state index contributed by atoms with van der Waals surface area (Å²) in [7, 11) is 0. The standard InChI is InChI=1S/C25H18S.C12H9Br.C12H9NS/c1-2-6-20(7-3-1)21-13-10-18(11-14-21)16-19-12-15-23-22-8-4-5-9-24(22)26-25(23)17-19;13-12-8-6-11(7-9-12)10-4-2-1-3-5-10;13-8-5-6-10-9-3-1-2-4-11(9)14-12(10)7-8/h1-15,17H,16H2;1-9H;1-7H,13H2. The van der Waals surface area contributed by atoms with Crippen LogP contribution in [-0.2, 0) is 6.42 Å². The lowest BCUT2D eigenvalue weighted by atomic mass is 10.00. The summed E-state index contributed by atoms with van der Waals surface area (Å²) in [5.74, 6) is 0. The monoisotopic (exact) mass is 781 g/mol. The Hall–Kier alpha value is -5.52. The lowest BCUT2D eigenvalue weighted by Crippen LogP contribution is -1.88. The molecule has 0 radical (unpaired) electrons. The first-order valence-corrected chi connectivity index (χ1v) is 20.0. The minimum Gasteiger partial charge on any atom is -0.399 e. The predicted octanol–water partition coefficient (Wildman–Crippen LogP) is 15.1. The van der Waals surface area contributed by atoms with E-state index in [-0.39, 0.29) is 0 Å². The van der Waals surface area contributed by atoms with Crippen molar-refractivity contribution in [3.05, 3.63) is 210 Å². The third-order valence-electron chi connectivity index (χ3n) is 9.27. The highest BCUT2D eigenvalue weighted by molar-refractivity contribution is 9.10. The van der Waals surface area contributed by atoms with E-state index in [1.165, 1.54) is 73.7 Å². The fourth-order valence-corrected chi connectivity index (χ4v) is 9.17. The van der Waals surface area contributed by atoms with Gasteiger partial charge >= 0.3 is 0 Å². The molecule has 2 aromatic heterocycles. The number of fused-ring (bicyclic) bond motifs is 6. The molecular formula is C49H36BrNS2. The van der Waals surface area contributed by atoms with Crippen LogP contribution >= 0.6 is 38.6 Å². The van der Waals surface area contributed by atoms with Gasteiger partial charge < -0.3 is 5.73 Å². The summed E-state index contributed by atoms with van der Waals surface area (Å²) >= 11 is 7.10. The average molecular weight is 783 g/mol. The largest absolute Gasteiger partial charge is 0.399 e. The molecule has 256 valence electrons. The Balaban J connectivity index is 0.000000125. The Morgan fingerprint density at radius 3 is 1.34 bits per heavy atom. The summed E-state index contributed by atoms with van der Waals surface area (Å²) < 4.78 is 6.46. The molecule has 0 aliphatic carbocycles. The zero-order chi connectivity index (χ0) is 36.0. The van der Waals surface area contributed by atoms with Gasteiger partial charge in [0, 0.05) is 50.5 Å². The summed E-state index contributed by atoms with van der Waals surface area (Å²) in [5, 5.41) is 5.37. The summed E-state index contributed by atoms with van der Waals surface area (Å²) in [6, 6.07) is 68.3. The maximum absolute atomic E-state index is 5.75. The highest BCUT2D eigenvalue weighted by Crippen LogP contribution is 2.35. The first kappa shape index (κ1) is 34.6. The molecule has 0 unspecified atom stereocenters. The van der Waals surface area contributed by atoms with Crippen molar-refractivity contribution >= 4 is 84.6 Å². The van der Waals surface area contributed by atoms with E-state index in [9.17, 15) is 0 Å². The minimum atomic E-state index is 0.837. The smallest absolute Gasteiger partial charge is 0.0375 e. The van der Waals surface area contributed by atoms with Gasteiger partial charge in [-0.1, -0.05) is 168 Å². The number of nitrogens with two attached hydrogens (primary N) is 1. The Morgan fingerprint density at radius 1 is 0.358 bits per heavy atom. The van der Waals surface area contributed by atoms with Gasteiger partial charge in [-0.2, -0.15) is 0 Å². The van der Waals surface area contributed by atoms with Crippen molar-refractivity contribution in [3.63, 3.8) is 0 Å². The topological polar surface area (TPSA) is 26.0 Å². The Morgan fingerprint density at radius 2 is 0.774 bits per heavy atom. The molecule has 0 fully saturated rings. The quantitative estimate of drug-likeness (QED) is 0.177. The van der Waals surface area contributed by atoms with E-state index in [2.05, 4.69) is 192 Å². The van der Waals surface area contributed by atoms with Crippen LogP contribution in [-0.4, -0.2) is 0 Å². The molecule has 0 bridgehead atoms. The van der Waals surface area contributed by atoms with Crippen molar-refractivity contribution in [3.8, 4) is 22.3 Å². The van der Waals surface area contributed by atoms with E-state index in [1.54, 1.807) is 11.3 Å². The molecule has 1 nitrogen and oxygen atoms in total. The van der Waals surface area contributed by atoms with Crippen LogP contribution in [0.5, 0.6) is 0 Å². The number of nitrogen functional groups attached to an aromatic ring is 1. The van der Waals surface area contributed by atoms with Crippen LogP contribution in [0.1, 0.15) is 11.1 Å². The number of thiophene rings is 2. The van der Waals surface area contributed by atoms with Gasteiger partial charge in [-0.3, -0.25) is 0 Å². The summed E-state index contributed by atoms with van der Waals surface area (Å²) in [6.45, 7) is 0. The molecule has 10 rings (SSSR count). The van der Waals surface area contributed by atoms with Crippen LogP contribution in [0.4, 0.5) is 5.69 Å². The molecule has 2 heterocycles. The first-order valence-electron chi connectivity index (χ1n) is 17.6. The minimum absolute atomic E-state index is 0.837. The van der Waals surface area contributed by atoms with Gasteiger partial charge in [-0.05, 0) is 82.3 Å². The van der Waals surface area contributed by atoms with Crippen molar-refractivity contribution < 1.29 is 0 Å². The van der Waals surface area contributed by atoms with E-state index in [0.29, 0.717) is 0 Å². The van der Waals surface area contributed by atoms with Gasteiger partial charge in [0.1, 0.15) is 0 Å². The molecule has 4 heteroatoms. The molecule has 8 aromatic carbocycles. The predicted molar refractivity (Wildman–Crippen MR) is 237 cm³/mol. The molecule has 0 atom stereocenters. The van der Waals surface area contributed by atoms with Crippen LogP contribution in [0.2, 0.25) is 0 Å². The number of rotatable bonds is 4. The van der Waals surface area contributed by atoms with E-state index in [1.807, 2.05) is 29.5 Å². The highest BCUT2D eigenvalue weighted by Gasteiger charge is 2.07. The molecule has 0 aliphatic heterocycles. The fourth-order valence-electron chi connectivity index (χ4n) is 6.58. The first-order chi connectivity index (χ1) is 26.1. The maximum Gasteiger partial charge on any atom is 0.0375 e. The summed E-state index contributed by atoms with van der Waals surface area (Å²) in [5.41, 5.74) is 14.4. The van der Waals surface area contributed by atoms with E-state index < -0.39 is 0 Å². The van der Waals surface area contributed by atoms with Gasteiger partial charge in [0.15, 0.2) is 0 Å². The Kier molecular flexibility index (Phi) is 10.4. The van der Waals surface area contributed by atoms with Crippen LogP contribution in [0.25, 0.3) is 62.6 Å². The van der Waals surface area contributed by atoms with Gasteiger partial charge in [-0.25, -0.2) is 0 Å². The van der Waals surface area contributed by atoms with Crippen LogP contribution in [0, 0.1) is 0 Å². The molecule has 2 N–H and O–H groups in total. The average Bonchev–Trinajstić information content (AvgIpc) is 3.77. The second-order valence-electron chi connectivity index (χ2n) is 12.9. The SMILES string of the molecule is Brc1ccc(-c2ccccc2)cc1.Nc1ccc2c(c1)sc1ccccc12.c1ccc(-c2ccc(Cc3ccc4c(c3)sc3ccccc34)cc2)cc1. The van der Waals surface area contributed by atoms with Crippen LogP contribution in [0.15, 0.2) is 199 Å². The highest BCUT2D eigenvalue weighted by atomic mass is 79.9. The molecule has 53 heavy (non-hydrogen) atoms. The molecule has 0 amide bonds. The summed E-state index contributed by atoms with van der Waals surface area (Å²) in [4.78, 5) is 0. The normalized spacial score (nSPS) is 10.9. The fraction of sp³-hybridized carbons (Fsp3) is 0.0204. The zero-order valence-electron chi connectivity index (χ0n) is 29.0. The molecule has 0 saturated heterocycles. The van der Waals surface area contributed by atoms with Gasteiger partial charge in [0.25, 0.3) is 0 Å². The Labute approximate surface area is 326 Å². The van der Waals surface area contributed by atoms with Gasteiger partial charge in [0.2, 0.25) is 0 Å². The van der Waals surface area contributed by atoms with Crippen LogP contribution < -0.4 is 5.73 Å². The van der Waals surface area contributed by atoms with Crippen molar-refractivity contribution in [1.29, 1.82) is 0 Å². The van der Waals surface area contributed by atoms with Gasteiger partial charge in [0.05, 0.1) is 0 Å². The van der Waals surface area contributed by atoms with Crippen molar-refractivity contribution in [2.45, 2.75) is 6.42 Å². The molecular weight excluding hydrogens is 747 g/mol. The van der Waals surface area contributed by atoms with Crippen molar-refractivity contribution in [1.82, 2.24) is 0 Å². The molecule has 0 aliphatic rings. The molecule has 10 aromatic rings. The zero-order valence-corrected chi connectivity index (χ0v) is 32.2. The molecule has 0 saturated carbocycles. The maximum atomic E-state index is 5.75. The second kappa shape index (κ2) is 16.0. The number of hydrogen-bond acceptors (Lipinski definition) is 3. The second-order valence-corrected chi connectivity index (χ2v) is 16.0. The number of hydrogen-bond donors (Lipinski definition) is 1. The van der Waals surface area contributed by atoms with Crippen LogP contribution in [0.3, 0.4) is 0 Å². The third-order valence-corrected chi connectivity index (χ3v) is 12.1. The third kappa shape index (κ3) is 8.11. The summed E-state index contributed by atoms with van der Waals surface area (Å²) in [6.07, 6.45) is 0.971. The van der Waals surface area contributed by atoms with E-state index >= 15 is 0 Å². The van der Waals surface area contributed by atoms with Crippen molar-refractivity contribution in [2.75, 3.05) is 5.73 Å². The number of halogens is 1. The Bertz CT molecular complexity index is 2750. The number of anilines is 1. The number of benzene rings is 8. The van der Waals surface area contributed by atoms with Gasteiger partial charge in [-0.15, -0.1) is 22.7 Å². The lowest BCUT2D eigenvalue weighted by Gasteiger charge is -2.05. The lowest BCUT2D eigenvalue weighted by molar-refractivity contribution is 1.20. The van der Waals surface area contributed by atoms with Crippen molar-refractivity contribution in [2.24, 2.45) is 0 Å².